The molecule has 0 unspecified atom stereocenters. The summed E-state index contributed by atoms with van der Waals surface area (Å²) in [6, 6.07) is 6.41. The zero-order valence-electron chi connectivity index (χ0n) is 14.9. The third-order valence-corrected chi connectivity index (χ3v) is 3.40. The maximum absolute atomic E-state index is 12.5. The quantitative estimate of drug-likeness (QED) is 0.631. The van der Waals surface area contributed by atoms with Gasteiger partial charge in [0.25, 0.3) is 0 Å². The van der Waals surface area contributed by atoms with E-state index in [4.69, 9.17) is 21.1 Å². The molecule has 1 N–H and O–H groups in total. The number of amides is 2. The van der Waals surface area contributed by atoms with Crippen LogP contribution in [0.2, 0.25) is 5.02 Å². The molecule has 138 valence electrons. The SMILES string of the molecule is CC(C)OC(=O)NN(C(=O)OC(C)C)[C@@](C)(C=O)c1cccc(Cl)c1. The van der Waals surface area contributed by atoms with Crippen molar-refractivity contribution in [2.45, 2.75) is 52.4 Å². The molecule has 0 saturated carbocycles. The zero-order valence-corrected chi connectivity index (χ0v) is 15.7. The number of carbonyl (C=O) groups excluding carboxylic acids is 3. The second-order valence-electron chi connectivity index (χ2n) is 6.11. The summed E-state index contributed by atoms with van der Waals surface area (Å²) in [6.45, 7) is 8.09. The number of benzene rings is 1. The van der Waals surface area contributed by atoms with Crippen molar-refractivity contribution in [3.8, 4) is 0 Å². The number of nitrogens with zero attached hydrogens (tertiary/aromatic N) is 1. The number of halogens is 1. The van der Waals surface area contributed by atoms with Gasteiger partial charge in [0, 0.05) is 5.02 Å². The molecule has 0 aliphatic heterocycles. The Bertz CT molecular complexity index is 635. The summed E-state index contributed by atoms with van der Waals surface area (Å²) in [5.74, 6) is 0. The van der Waals surface area contributed by atoms with Crippen molar-refractivity contribution in [2.24, 2.45) is 0 Å². The average molecular weight is 371 g/mol. The topological polar surface area (TPSA) is 84.9 Å². The summed E-state index contributed by atoms with van der Waals surface area (Å²) in [5.41, 5.74) is 1.14. The van der Waals surface area contributed by atoms with Gasteiger partial charge in [-0.25, -0.2) is 15.0 Å². The Labute approximate surface area is 152 Å². The Morgan fingerprint density at radius 3 is 2.28 bits per heavy atom. The Kier molecular flexibility index (Phi) is 7.23. The van der Waals surface area contributed by atoms with Gasteiger partial charge in [-0.1, -0.05) is 23.7 Å². The van der Waals surface area contributed by atoms with Gasteiger partial charge in [-0.15, -0.1) is 0 Å². The predicted molar refractivity (Wildman–Crippen MR) is 93.1 cm³/mol. The van der Waals surface area contributed by atoms with Gasteiger partial charge in [-0.3, -0.25) is 0 Å². The van der Waals surface area contributed by atoms with Gasteiger partial charge >= 0.3 is 12.2 Å². The third-order valence-electron chi connectivity index (χ3n) is 3.17. The highest BCUT2D eigenvalue weighted by Crippen LogP contribution is 2.28. The van der Waals surface area contributed by atoms with Crippen LogP contribution in [0.1, 0.15) is 40.2 Å². The minimum absolute atomic E-state index is 0.382. The van der Waals surface area contributed by atoms with Gasteiger partial charge in [0.05, 0.1) is 12.2 Å². The van der Waals surface area contributed by atoms with Crippen LogP contribution >= 0.6 is 11.6 Å². The summed E-state index contributed by atoms with van der Waals surface area (Å²) in [4.78, 5) is 36.4. The van der Waals surface area contributed by atoms with E-state index in [0.29, 0.717) is 16.9 Å². The van der Waals surface area contributed by atoms with E-state index in [1.54, 1.807) is 45.9 Å². The molecule has 0 radical (unpaired) electrons. The first-order valence-electron chi connectivity index (χ1n) is 7.80. The normalized spacial score (nSPS) is 13.1. The lowest BCUT2D eigenvalue weighted by molar-refractivity contribution is -0.119. The van der Waals surface area contributed by atoms with E-state index < -0.39 is 29.9 Å². The van der Waals surface area contributed by atoms with Crippen LogP contribution in [-0.2, 0) is 19.8 Å². The van der Waals surface area contributed by atoms with E-state index >= 15 is 0 Å². The maximum Gasteiger partial charge on any atom is 0.430 e. The lowest BCUT2D eigenvalue weighted by Gasteiger charge is -2.36. The molecule has 1 aromatic carbocycles. The second kappa shape index (κ2) is 8.71. The largest absolute Gasteiger partial charge is 0.446 e. The van der Waals surface area contributed by atoms with Crippen molar-refractivity contribution >= 4 is 30.1 Å². The number of hydrazine groups is 1. The Hall–Kier alpha value is -2.28. The molecule has 25 heavy (non-hydrogen) atoms. The first kappa shape index (κ1) is 20.8. The van der Waals surface area contributed by atoms with Crippen molar-refractivity contribution in [3.63, 3.8) is 0 Å². The number of aldehydes is 1. The fraction of sp³-hybridized carbons (Fsp3) is 0.471. The van der Waals surface area contributed by atoms with Crippen LogP contribution in [0.3, 0.4) is 0 Å². The van der Waals surface area contributed by atoms with Crippen molar-refractivity contribution < 1.29 is 23.9 Å². The predicted octanol–water partition coefficient (Wildman–Crippen LogP) is 3.65. The van der Waals surface area contributed by atoms with E-state index in [-0.39, 0.29) is 0 Å². The minimum atomic E-state index is -1.55. The third kappa shape index (κ3) is 5.63. The Morgan fingerprint density at radius 1 is 1.20 bits per heavy atom. The van der Waals surface area contributed by atoms with E-state index in [1.807, 2.05) is 0 Å². The van der Waals surface area contributed by atoms with Crippen LogP contribution in [-0.4, -0.2) is 35.7 Å². The van der Waals surface area contributed by atoms with Gasteiger partial charge in [0.2, 0.25) is 0 Å². The van der Waals surface area contributed by atoms with Gasteiger partial charge in [0.1, 0.15) is 5.54 Å². The first-order chi connectivity index (χ1) is 11.6. The minimum Gasteiger partial charge on any atom is -0.446 e. The van der Waals surface area contributed by atoms with Crippen LogP contribution in [0.5, 0.6) is 0 Å². The molecule has 0 aliphatic rings. The highest BCUT2D eigenvalue weighted by Gasteiger charge is 2.40. The average Bonchev–Trinajstić information content (AvgIpc) is 2.50. The van der Waals surface area contributed by atoms with Gasteiger partial charge in [-0.05, 0) is 52.3 Å². The van der Waals surface area contributed by atoms with Gasteiger partial charge in [-0.2, -0.15) is 5.01 Å². The van der Waals surface area contributed by atoms with E-state index in [2.05, 4.69) is 5.43 Å². The monoisotopic (exact) mass is 370 g/mol. The van der Waals surface area contributed by atoms with Gasteiger partial charge in [0.15, 0.2) is 6.29 Å². The lowest BCUT2D eigenvalue weighted by Crippen LogP contribution is -2.58. The number of carbonyl (C=O) groups is 3. The van der Waals surface area contributed by atoms with Crippen LogP contribution < -0.4 is 5.43 Å². The second-order valence-corrected chi connectivity index (χ2v) is 6.55. The number of rotatable bonds is 5. The fourth-order valence-electron chi connectivity index (χ4n) is 1.99. The molecule has 8 heteroatoms. The standard InChI is InChI=1S/C17H23ClN2O5/c1-11(2)24-15(22)19-20(16(23)25-12(3)4)17(5,10-21)13-7-6-8-14(18)9-13/h6-12H,1-5H3,(H,19,22)/t17-/m0/s1. The molecule has 0 aliphatic carbocycles. The number of hydrogen-bond acceptors (Lipinski definition) is 5. The van der Waals surface area contributed by atoms with Crippen LogP contribution in [0.25, 0.3) is 0 Å². The van der Waals surface area contributed by atoms with E-state index in [0.717, 1.165) is 5.01 Å². The van der Waals surface area contributed by atoms with Crippen molar-refractivity contribution in [1.29, 1.82) is 0 Å². The van der Waals surface area contributed by atoms with Crippen molar-refractivity contribution in [1.82, 2.24) is 10.4 Å². The number of hydrogen-bond donors (Lipinski definition) is 1. The van der Waals surface area contributed by atoms with Crippen molar-refractivity contribution in [2.75, 3.05) is 0 Å². The fourth-order valence-corrected chi connectivity index (χ4v) is 2.18. The molecule has 1 atom stereocenters. The lowest BCUT2D eigenvalue weighted by atomic mass is 9.93. The smallest absolute Gasteiger partial charge is 0.430 e. The first-order valence-corrected chi connectivity index (χ1v) is 8.18. The summed E-state index contributed by atoms with van der Waals surface area (Å²) < 4.78 is 10.1. The summed E-state index contributed by atoms with van der Waals surface area (Å²) in [6.07, 6.45) is -2.11. The molecule has 1 aromatic rings. The number of ether oxygens (including phenoxy) is 2. The van der Waals surface area contributed by atoms with Crippen LogP contribution in [0.4, 0.5) is 9.59 Å². The molecule has 2 amide bonds. The summed E-state index contributed by atoms with van der Waals surface area (Å²) in [7, 11) is 0. The molecule has 7 nitrogen and oxygen atoms in total. The highest BCUT2D eigenvalue weighted by molar-refractivity contribution is 6.30. The zero-order chi connectivity index (χ0) is 19.2. The van der Waals surface area contributed by atoms with Gasteiger partial charge < -0.3 is 14.3 Å². The van der Waals surface area contributed by atoms with Crippen LogP contribution in [0.15, 0.2) is 24.3 Å². The Morgan fingerprint density at radius 2 is 1.80 bits per heavy atom. The maximum atomic E-state index is 12.5. The molecule has 0 aromatic heterocycles. The molecule has 1 rings (SSSR count). The summed E-state index contributed by atoms with van der Waals surface area (Å²) >= 11 is 5.99. The molecule has 0 heterocycles. The van der Waals surface area contributed by atoms with E-state index in [1.165, 1.54) is 13.0 Å². The van der Waals surface area contributed by atoms with E-state index in [9.17, 15) is 14.4 Å². The molecular formula is C17H23ClN2O5. The van der Waals surface area contributed by atoms with Crippen molar-refractivity contribution in [3.05, 3.63) is 34.9 Å². The summed E-state index contributed by atoms with van der Waals surface area (Å²) in [5, 5.41) is 1.18. The molecule has 0 bridgehead atoms. The highest BCUT2D eigenvalue weighted by atomic mass is 35.5. The van der Waals surface area contributed by atoms with Crippen LogP contribution in [0, 0.1) is 0 Å². The number of nitrogens with one attached hydrogen (secondary N) is 1. The molecule has 0 saturated heterocycles. The molecular weight excluding hydrogens is 348 g/mol. The Balaban J connectivity index is 3.28. The molecule has 0 fully saturated rings. The molecule has 0 spiro atoms.